The van der Waals surface area contributed by atoms with Gasteiger partial charge in [0.25, 0.3) is 5.91 Å². The first-order valence-corrected chi connectivity index (χ1v) is 9.78. The van der Waals surface area contributed by atoms with E-state index in [1.807, 2.05) is 56.3 Å². The standard InChI is InChI=1S/C23H24N4O3/c1-3-8-19(23(29)30)27-22(28)17-11-7-12-18(13-17)26-21-14-20(24-15(2)25-21)16-9-5-4-6-10-16/h4-7,9-14,19H,3,8H2,1-2H3,(H,27,28)(H,29,30)(H,24,25,26). The van der Waals surface area contributed by atoms with E-state index in [2.05, 4.69) is 20.6 Å². The van der Waals surface area contributed by atoms with Gasteiger partial charge in [0.1, 0.15) is 17.7 Å². The van der Waals surface area contributed by atoms with Crippen LogP contribution in [0.15, 0.2) is 60.7 Å². The molecule has 2 aromatic carbocycles. The SMILES string of the molecule is CCCC(NC(=O)c1cccc(Nc2cc(-c3ccccc3)nc(C)n2)c1)C(=O)O. The predicted octanol–water partition coefficient (Wildman–Crippen LogP) is 4.18. The zero-order valence-corrected chi connectivity index (χ0v) is 16.9. The number of carbonyl (C=O) groups excluding carboxylic acids is 1. The number of hydrogen-bond acceptors (Lipinski definition) is 5. The number of rotatable bonds is 8. The zero-order valence-electron chi connectivity index (χ0n) is 16.9. The summed E-state index contributed by atoms with van der Waals surface area (Å²) in [5.74, 6) is -0.238. The first-order chi connectivity index (χ1) is 14.5. The smallest absolute Gasteiger partial charge is 0.326 e. The number of hydrogen-bond donors (Lipinski definition) is 3. The van der Waals surface area contributed by atoms with Crippen LogP contribution in [0.5, 0.6) is 0 Å². The first kappa shape index (κ1) is 21.0. The van der Waals surface area contributed by atoms with Gasteiger partial charge >= 0.3 is 5.97 Å². The third kappa shape index (κ3) is 5.41. The number of carboxylic acids is 1. The van der Waals surface area contributed by atoms with Crippen LogP contribution in [0, 0.1) is 6.92 Å². The number of aromatic nitrogens is 2. The van der Waals surface area contributed by atoms with Gasteiger partial charge in [-0.2, -0.15) is 0 Å². The molecule has 0 saturated heterocycles. The highest BCUT2D eigenvalue weighted by Gasteiger charge is 2.19. The third-order valence-corrected chi connectivity index (χ3v) is 4.49. The Labute approximate surface area is 175 Å². The molecule has 0 aliphatic rings. The maximum atomic E-state index is 12.5. The minimum Gasteiger partial charge on any atom is -0.480 e. The van der Waals surface area contributed by atoms with Crippen LogP contribution >= 0.6 is 0 Å². The van der Waals surface area contributed by atoms with Crippen molar-refractivity contribution in [2.75, 3.05) is 5.32 Å². The molecule has 0 bridgehead atoms. The summed E-state index contributed by atoms with van der Waals surface area (Å²) in [4.78, 5) is 32.7. The van der Waals surface area contributed by atoms with Crippen molar-refractivity contribution in [3.05, 3.63) is 72.1 Å². The Kier molecular flexibility index (Phi) is 6.75. The lowest BCUT2D eigenvalue weighted by atomic mass is 10.1. The Morgan fingerprint density at radius 3 is 2.50 bits per heavy atom. The van der Waals surface area contributed by atoms with E-state index >= 15 is 0 Å². The molecule has 0 fully saturated rings. The van der Waals surface area contributed by atoms with Gasteiger partial charge in [-0.25, -0.2) is 14.8 Å². The van der Waals surface area contributed by atoms with Crippen molar-refractivity contribution in [2.45, 2.75) is 32.7 Å². The molecule has 7 heteroatoms. The fraction of sp³-hybridized carbons (Fsp3) is 0.217. The normalized spacial score (nSPS) is 11.5. The van der Waals surface area contributed by atoms with Crippen LogP contribution in [0.1, 0.15) is 35.9 Å². The summed E-state index contributed by atoms with van der Waals surface area (Å²) in [5.41, 5.74) is 2.82. The predicted molar refractivity (Wildman–Crippen MR) is 116 cm³/mol. The number of benzene rings is 2. The number of nitrogens with one attached hydrogen (secondary N) is 2. The molecule has 3 N–H and O–H groups in total. The zero-order chi connectivity index (χ0) is 21.5. The van der Waals surface area contributed by atoms with Gasteiger partial charge in [0.05, 0.1) is 5.69 Å². The maximum absolute atomic E-state index is 12.5. The molecule has 0 spiro atoms. The number of aryl methyl sites for hydroxylation is 1. The molecule has 3 rings (SSSR count). The number of aliphatic carboxylic acids is 1. The summed E-state index contributed by atoms with van der Waals surface area (Å²) >= 11 is 0. The maximum Gasteiger partial charge on any atom is 0.326 e. The van der Waals surface area contributed by atoms with E-state index in [0.717, 1.165) is 11.3 Å². The van der Waals surface area contributed by atoms with E-state index in [1.54, 1.807) is 18.2 Å². The van der Waals surface area contributed by atoms with Gasteiger partial charge in [0.2, 0.25) is 0 Å². The summed E-state index contributed by atoms with van der Waals surface area (Å²) in [6.07, 6.45) is 1.04. The number of carbonyl (C=O) groups is 2. The van der Waals surface area contributed by atoms with Crippen LogP contribution in [0.3, 0.4) is 0 Å². The molecule has 1 atom stereocenters. The van der Waals surface area contributed by atoms with Gasteiger partial charge in [0.15, 0.2) is 0 Å². The number of amides is 1. The van der Waals surface area contributed by atoms with Crippen molar-refractivity contribution in [1.82, 2.24) is 15.3 Å². The molecule has 0 saturated carbocycles. The van der Waals surface area contributed by atoms with E-state index in [1.165, 1.54) is 0 Å². The average molecular weight is 404 g/mol. The van der Waals surface area contributed by atoms with Crippen molar-refractivity contribution in [3.8, 4) is 11.3 Å². The largest absolute Gasteiger partial charge is 0.480 e. The second kappa shape index (κ2) is 9.65. The van der Waals surface area contributed by atoms with Crippen LogP contribution in [0.4, 0.5) is 11.5 Å². The van der Waals surface area contributed by atoms with Crippen LogP contribution in [-0.2, 0) is 4.79 Å². The Morgan fingerprint density at radius 1 is 1.03 bits per heavy atom. The Hall–Kier alpha value is -3.74. The summed E-state index contributed by atoms with van der Waals surface area (Å²) in [5, 5.41) is 15.0. The van der Waals surface area contributed by atoms with E-state index in [9.17, 15) is 14.7 Å². The second-order valence-corrected chi connectivity index (χ2v) is 6.91. The minimum absolute atomic E-state index is 0.372. The molecule has 154 valence electrons. The van der Waals surface area contributed by atoms with Gasteiger partial charge in [-0.15, -0.1) is 0 Å². The van der Waals surface area contributed by atoms with Gasteiger partial charge in [-0.1, -0.05) is 49.7 Å². The lowest BCUT2D eigenvalue weighted by molar-refractivity contribution is -0.139. The third-order valence-electron chi connectivity index (χ3n) is 4.49. The highest BCUT2D eigenvalue weighted by molar-refractivity contribution is 5.97. The van der Waals surface area contributed by atoms with Crippen LogP contribution in [-0.4, -0.2) is 33.0 Å². The number of anilines is 2. The molecule has 1 heterocycles. The summed E-state index contributed by atoms with van der Waals surface area (Å²) in [6, 6.07) is 17.6. The molecule has 3 aromatic rings. The molecular formula is C23H24N4O3. The number of carboxylic acid groups (broad SMARTS) is 1. The summed E-state index contributed by atoms with van der Waals surface area (Å²) in [6.45, 7) is 3.70. The highest BCUT2D eigenvalue weighted by atomic mass is 16.4. The van der Waals surface area contributed by atoms with E-state index < -0.39 is 17.9 Å². The van der Waals surface area contributed by atoms with Crippen molar-refractivity contribution in [2.24, 2.45) is 0 Å². The fourth-order valence-electron chi connectivity index (χ4n) is 3.06. The van der Waals surface area contributed by atoms with E-state index in [4.69, 9.17) is 0 Å². The molecule has 0 aliphatic carbocycles. The van der Waals surface area contributed by atoms with Gasteiger partial charge < -0.3 is 15.7 Å². The summed E-state index contributed by atoms with van der Waals surface area (Å²) < 4.78 is 0. The molecule has 0 radical (unpaired) electrons. The van der Waals surface area contributed by atoms with Crippen molar-refractivity contribution >= 4 is 23.4 Å². The van der Waals surface area contributed by atoms with Crippen molar-refractivity contribution in [1.29, 1.82) is 0 Å². The average Bonchev–Trinajstić information content (AvgIpc) is 2.73. The quantitative estimate of drug-likeness (QED) is 0.520. The molecule has 30 heavy (non-hydrogen) atoms. The van der Waals surface area contributed by atoms with E-state index in [0.29, 0.717) is 35.7 Å². The number of nitrogens with zero attached hydrogens (tertiary/aromatic N) is 2. The molecule has 1 amide bonds. The van der Waals surface area contributed by atoms with Gasteiger partial charge in [-0.3, -0.25) is 4.79 Å². The topological polar surface area (TPSA) is 104 Å². The molecular weight excluding hydrogens is 380 g/mol. The second-order valence-electron chi connectivity index (χ2n) is 6.91. The molecule has 1 unspecified atom stereocenters. The Bertz CT molecular complexity index is 1040. The monoisotopic (exact) mass is 404 g/mol. The molecule has 0 aliphatic heterocycles. The molecule has 1 aromatic heterocycles. The molecule has 7 nitrogen and oxygen atoms in total. The first-order valence-electron chi connectivity index (χ1n) is 9.78. The Morgan fingerprint density at radius 2 is 1.80 bits per heavy atom. The lowest BCUT2D eigenvalue weighted by Gasteiger charge is -2.14. The van der Waals surface area contributed by atoms with Gasteiger partial charge in [0, 0.05) is 22.9 Å². The lowest BCUT2D eigenvalue weighted by Crippen LogP contribution is -2.40. The van der Waals surface area contributed by atoms with Crippen molar-refractivity contribution in [3.63, 3.8) is 0 Å². The van der Waals surface area contributed by atoms with E-state index in [-0.39, 0.29) is 0 Å². The highest BCUT2D eigenvalue weighted by Crippen LogP contribution is 2.22. The van der Waals surface area contributed by atoms with Crippen LogP contribution in [0.25, 0.3) is 11.3 Å². The fourth-order valence-corrected chi connectivity index (χ4v) is 3.06. The minimum atomic E-state index is -1.04. The van der Waals surface area contributed by atoms with Crippen molar-refractivity contribution < 1.29 is 14.7 Å². The van der Waals surface area contributed by atoms with Gasteiger partial charge in [-0.05, 0) is 31.5 Å². The van der Waals surface area contributed by atoms with Crippen LogP contribution in [0.2, 0.25) is 0 Å². The van der Waals surface area contributed by atoms with Crippen LogP contribution < -0.4 is 10.6 Å². The summed E-state index contributed by atoms with van der Waals surface area (Å²) in [7, 11) is 0. The Balaban J connectivity index is 1.79.